The highest BCUT2D eigenvalue weighted by molar-refractivity contribution is 5.92. The molecular weight excluding hydrogens is 292 g/mol. The molecule has 2 rings (SSSR count). The molecule has 23 heavy (non-hydrogen) atoms. The van der Waals surface area contributed by atoms with Crippen LogP contribution in [0.15, 0.2) is 35.3 Å². The van der Waals surface area contributed by atoms with Crippen molar-refractivity contribution in [2.24, 2.45) is 5.92 Å². The van der Waals surface area contributed by atoms with Crippen molar-refractivity contribution in [2.45, 2.75) is 39.7 Å². The van der Waals surface area contributed by atoms with Crippen LogP contribution in [-0.4, -0.2) is 27.2 Å². The number of nitrogens with zero attached hydrogens (tertiary/aromatic N) is 2. The number of H-pyrrole nitrogens is 1. The summed E-state index contributed by atoms with van der Waals surface area (Å²) in [4.78, 5) is 23.5. The lowest BCUT2D eigenvalue weighted by molar-refractivity contribution is 0.0948. The summed E-state index contributed by atoms with van der Waals surface area (Å²) >= 11 is 0. The fourth-order valence-electron chi connectivity index (χ4n) is 2.37. The molecule has 2 heterocycles. The first kappa shape index (κ1) is 17.0. The van der Waals surface area contributed by atoms with Gasteiger partial charge in [0.2, 0.25) is 5.56 Å². The van der Waals surface area contributed by atoms with E-state index in [4.69, 9.17) is 0 Å². The molecule has 124 valence electrons. The molecule has 2 aromatic heterocycles. The molecule has 6 heteroatoms. The van der Waals surface area contributed by atoms with Gasteiger partial charge in [-0.15, -0.1) is 0 Å². The second-order valence-corrected chi connectivity index (χ2v) is 6.07. The van der Waals surface area contributed by atoms with Crippen LogP contribution in [0, 0.1) is 5.92 Å². The van der Waals surface area contributed by atoms with Crippen molar-refractivity contribution in [1.82, 2.24) is 20.1 Å². The van der Waals surface area contributed by atoms with Gasteiger partial charge < -0.3 is 9.88 Å². The van der Waals surface area contributed by atoms with E-state index in [1.165, 1.54) is 0 Å². The van der Waals surface area contributed by atoms with E-state index in [9.17, 15) is 9.59 Å². The van der Waals surface area contributed by atoms with Gasteiger partial charge in [0.05, 0.1) is 0 Å². The minimum atomic E-state index is -0.159. The van der Waals surface area contributed by atoms with E-state index < -0.39 is 0 Å². The van der Waals surface area contributed by atoms with Crippen molar-refractivity contribution in [1.29, 1.82) is 0 Å². The zero-order valence-electron chi connectivity index (χ0n) is 13.7. The van der Waals surface area contributed by atoms with Crippen molar-refractivity contribution in [3.05, 3.63) is 52.2 Å². The Kier molecular flexibility index (Phi) is 6.14. The van der Waals surface area contributed by atoms with Gasteiger partial charge in [-0.3, -0.25) is 14.7 Å². The van der Waals surface area contributed by atoms with Crippen LogP contribution in [0.4, 0.5) is 0 Å². The molecule has 0 atom stereocenters. The van der Waals surface area contributed by atoms with Crippen LogP contribution in [0.5, 0.6) is 0 Å². The monoisotopic (exact) mass is 316 g/mol. The molecule has 0 bridgehead atoms. The number of aromatic nitrogens is 3. The lowest BCUT2D eigenvalue weighted by Crippen LogP contribution is -2.25. The first-order valence-electron chi connectivity index (χ1n) is 8.04. The Balaban J connectivity index is 1.70. The van der Waals surface area contributed by atoms with Gasteiger partial charge >= 0.3 is 0 Å². The number of hydrogen-bond acceptors (Lipinski definition) is 3. The summed E-state index contributed by atoms with van der Waals surface area (Å²) in [5.74, 6) is 0.362. The van der Waals surface area contributed by atoms with Crippen LogP contribution in [0.3, 0.4) is 0 Å². The van der Waals surface area contributed by atoms with Gasteiger partial charge in [0.25, 0.3) is 5.91 Å². The van der Waals surface area contributed by atoms with Crippen LogP contribution in [0.25, 0.3) is 0 Å². The Morgan fingerprint density at radius 2 is 2.17 bits per heavy atom. The number of carbonyl (C=O) groups excluding carboxylic acids is 1. The smallest absolute Gasteiger partial charge is 0.271 e. The molecule has 2 aromatic rings. The average Bonchev–Trinajstić information content (AvgIpc) is 2.96. The first-order valence-corrected chi connectivity index (χ1v) is 8.04. The normalized spacial score (nSPS) is 10.9. The molecule has 0 aromatic carbocycles. The minimum Gasteiger partial charge on any atom is -0.351 e. The molecule has 0 radical (unpaired) electrons. The van der Waals surface area contributed by atoms with Crippen molar-refractivity contribution in [3.63, 3.8) is 0 Å². The predicted molar refractivity (Wildman–Crippen MR) is 89.4 cm³/mol. The fraction of sp³-hybridized carbons (Fsp3) is 0.471. The molecule has 2 N–H and O–H groups in total. The van der Waals surface area contributed by atoms with E-state index in [1.807, 2.05) is 6.07 Å². The molecule has 0 aliphatic heterocycles. The largest absolute Gasteiger partial charge is 0.351 e. The van der Waals surface area contributed by atoms with Crippen molar-refractivity contribution in [3.8, 4) is 0 Å². The highest BCUT2D eigenvalue weighted by atomic mass is 16.2. The quantitative estimate of drug-likeness (QED) is 0.731. The molecule has 0 aliphatic rings. The molecule has 0 saturated carbocycles. The van der Waals surface area contributed by atoms with Gasteiger partial charge in [0.15, 0.2) is 0 Å². The maximum Gasteiger partial charge on any atom is 0.271 e. The van der Waals surface area contributed by atoms with Crippen molar-refractivity contribution in [2.75, 3.05) is 6.54 Å². The van der Waals surface area contributed by atoms with Crippen molar-refractivity contribution >= 4 is 5.91 Å². The van der Waals surface area contributed by atoms with E-state index in [0.717, 1.165) is 25.0 Å². The van der Waals surface area contributed by atoms with Crippen LogP contribution in [0.1, 0.15) is 42.9 Å². The zero-order valence-corrected chi connectivity index (χ0v) is 13.7. The van der Waals surface area contributed by atoms with E-state index in [2.05, 4.69) is 29.4 Å². The molecule has 0 spiro atoms. The van der Waals surface area contributed by atoms with Gasteiger partial charge in [-0.05, 0) is 37.3 Å². The molecule has 0 unspecified atom stereocenters. The van der Waals surface area contributed by atoms with E-state index >= 15 is 0 Å². The molecule has 0 saturated heterocycles. The summed E-state index contributed by atoms with van der Waals surface area (Å²) in [6.45, 7) is 5.49. The van der Waals surface area contributed by atoms with Gasteiger partial charge in [0, 0.05) is 31.0 Å². The third-order valence-electron chi connectivity index (χ3n) is 3.50. The van der Waals surface area contributed by atoms with Crippen LogP contribution >= 0.6 is 0 Å². The highest BCUT2D eigenvalue weighted by Gasteiger charge is 2.10. The Morgan fingerprint density at radius 3 is 2.91 bits per heavy atom. The lowest BCUT2D eigenvalue weighted by Gasteiger charge is -2.05. The van der Waals surface area contributed by atoms with Gasteiger partial charge in [-0.25, -0.2) is 0 Å². The topological polar surface area (TPSA) is 79.8 Å². The maximum absolute atomic E-state index is 12.0. The third-order valence-corrected chi connectivity index (χ3v) is 3.50. The Hall–Kier alpha value is -2.37. The van der Waals surface area contributed by atoms with Crippen molar-refractivity contribution < 1.29 is 4.79 Å². The number of aromatic amines is 1. The fourth-order valence-corrected chi connectivity index (χ4v) is 2.37. The second-order valence-electron chi connectivity index (χ2n) is 6.07. The molecule has 1 amide bonds. The van der Waals surface area contributed by atoms with Crippen LogP contribution in [-0.2, 0) is 13.0 Å². The zero-order chi connectivity index (χ0) is 16.7. The molecular formula is C17H24N4O2. The number of pyridine rings is 1. The van der Waals surface area contributed by atoms with Gasteiger partial charge in [-0.2, -0.15) is 5.10 Å². The second kappa shape index (κ2) is 8.31. The van der Waals surface area contributed by atoms with E-state index in [0.29, 0.717) is 24.7 Å². The van der Waals surface area contributed by atoms with Gasteiger partial charge in [0.1, 0.15) is 5.69 Å². The standard InChI is InChI=1S/C17H24N4O2/c1-13(2)11-14-12-15(20-19-14)17(23)18-8-4-6-10-21-9-5-3-7-16(21)22/h3,5,7,9,12-13H,4,6,8,10-11H2,1-2H3,(H,18,23)(H,19,20). The number of nitrogens with one attached hydrogen (secondary N) is 2. The lowest BCUT2D eigenvalue weighted by atomic mass is 10.1. The number of rotatable bonds is 8. The number of carbonyl (C=O) groups is 1. The Bertz CT molecular complexity index is 688. The average molecular weight is 316 g/mol. The Morgan fingerprint density at radius 1 is 1.35 bits per heavy atom. The maximum atomic E-state index is 12.0. The summed E-state index contributed by atoms with van der Waals surface area (Å²) < 4.78 is 1.67. The molecule has 6 nitrogen and oxygen atoms in total. The number of amides is 1. The van der Waals surface area contributed by atoms with Crippen LogP contribution in [0.2, 0.25) is 0 Å². The first-order chi connectivity index (χ1) is 11.1. The SMILES string of the molecule is CC(C)Cc1cc(C(=O)NCCCCn2ccccc2=O)n[nH]1. The number of unbranched alkanes of at least 4 members (excludes halogenated alkanes) is 1. The predicted octanol–water partition coefficient (Wildman–Crippen LogP) is 1.98. The summed E-state index contributed by atoms with van der Waals surface area (Å²) in [6.07, 6.45) is 4.31. The number of hydrogen-bond donors (Lipinski definition) is 2. The molecule has 0 fully saturated rings. The van der Waals surface area contributed by atoms with E-state index in [-0.39, 0.29) is 11.5 Å². The van der Waals surface area contributed by atoms with Gasteiger partial charge in [-0.1, -0.05) is 19.9 Å². The van der Waals surface area contributed by atoms with Crippen LogP contribution < -0.4 is 10.9 Å². The summed E-state index contributed by atoms with van der Waals surface area (Å²) in [5.41, 5.74) is 1.42. The van der Waals surface area contributed by atoms with E-state index in [1.54, 1.807) is 29.0 Å². The summed E-state index contributed by atoms with van der Waals surface area (Å²) in [6, 6.07) is 6.93. The number of aryl methyl sites for hydroxylation is 1. The summed E-state index contributed by atoms with van der Waals surface area (Å²) in [5, 5.41) is 9.80. The minimum absolute atomic E-state index is 0.00532. The molecule has 0 aliphatic carbocycles. The summed E-state index contributed by atoms with van der Waals surface area (Å²) in [7, 11) is 0. The Labute approximate surface area is 135 Å². The highest BCUT2D eigenvalue weighted by Crippen LogP contribution is 2.06. The third kappa shape index (κ3) is 5.39.